The fraction of sp³-hybridized carbons (Fsp3) is 0.240. The maximum atomic E-state index is 9.85. The third-order valence-corrected chi connectivity index (χ3v) is 5.74. The number of ether oxygens (including phenoxy) is 1. The van der Waals surface area contributed by atoms with Gasteiger partial charge in [-0.05, 0) is 31.1 Å². The molecule has 2 heterocycles. The second kappa shape index (κ2) is 7.98. The van der Waals surface area contributed by atoms with E-state index >= 15 is 0 Å². The lowest BCUT2D eigenvalue weighted by atomic mass is 9.80. The van der Waals surface area contributed by atoms with Crippen molar-refractivity contribution >= 4 is 6.08 Å². The summed E-state index contributed by atoms with van der Waals surface area (Å²) in [6.07, 6.45) is 2.18. The fourth-order valence-corrected chi connectivity index (χ4v) is 4.17. The zero-order valence-corrected chi connectivity index (χ0v) is 16.9. The van der Waals surface area contributed by atoms with Gasteiger partial charge < -0.3 is 15.4 Å². The lowest BCUT2D eigenvalue weighted by molar-refractivity contribution is -0.913. The van der Waals surface area contributed by atoms with Crippen LogP contribution in [0.5, 0.6) is 0 Å². The number of rotatable bonds is 3. The Morgan fingerprint density at radius 1 is 1.07 bits per heavy atom. The lowest BCUT2D eigenvalue weighted by Gasteiger charge is -2.37. The van der Waals surface area contributed by atoms with E-state index < -0.39 is 0 Å². The first-order chi connectivity index (χ1) is 14.1. The molecule has 2 aromatic carbocycles. The zero-order valence-electron chi connectivity index (χ0n) is 16.9. The predicted octanol–water partition coefficient (Wildman–Crippen LogP) is 3.14. The normalized spacial score (nSPS) is 23.0. The number of nitrogens with zero attached hydrogens (tertiary/aromatic N) is 1. The van der Waals surface area contributed by atoms with Crippen molar-refractivity contribution in [2.45, 2.75) is 25.8 Å². The van der Waals surface area contributed by atoms with Crippen molar-refractivity contribution in [1.29, 1.82) is 5.26 Å². The van der Waals surface area contributed by atoms with Crippen LogP contribution >= 0.6 is 0 Å². The number of quaternary nitrogens is 1. The third kappa shape index (κ3) is 3.70. The van der Waals surface area contributed by atoms with Crippen LogP contribution < -0.4 is 10.6 Å². The molecule has 2 aromatic rings. The standard InChI is InChI=1S/C25H25N3O/c1-17(2)28-15-20(13-18-9-5-3-6-10-18)24-22(16-28)23(19-11-7-4-8-12-19)21(14-26)25(27)29-24/h3-13,17,23H,15-16,27H2,1-2H3/p+1/b20-13+/t23-/m1/s1. The molecule has 0 saturated carbocycles. The van der Waals surface area contributed by atoms with Crippen molar-refractivity contribution in [3.8, 4) is 6.07 Å². The van der Waals surface area contributed by atoms with E-state index in [1.165, 1.54) is 4.90 Å². The number of nitrogens with one attached hydrogen (secondary N) is 1. The summed E-state index contributed by atoms with van der Waals surface area (Å²) in [6, 6.07) is 23.2. The van der Waals surface area contributed by atoms with Gasteiger partial charge in [0.25, 0.3) is 0 Å². The van der Waals surface area contributed by atoms with Crippen LogP contribution in [-0.2, 0) is 4.74 Å². The molecule has 4 heteroatoms. The summed E-state index contributed by atoms with van der Waals surface area (Å²) in [5, 5.41) is 9.85. The molecule has 0 aromatic heterocycles. The Balaban J connectivity index is 1.89. The van der Waals surface area contributed by atoms with Gasteiger partial charge in [-0.2, -0.15) is 5.26 Å². The van der Waals surface area contributed by atoms with Crippen LogP contribution in [0.2, 0.25) is 0 Å². The highest BCUT2D eigenvalue weighted by molar-refractivity contribution is 5.62. The van der Waals surface area contributed by atoms with Crippen LogP contribution in [-0.4, -0.2) is 19.1 Å². The van der Waals surface area contributed by atoms with Crippen molar-refractivity contribution in [1.82, 2.24) is 0 Å². The molecular weight excluding hydrogens is 358 g/mol. The number of hydrogen-bond acceptors (Lipinski definition) is 3. The molecule has 2 aliphatic rings. The van der Waals surface area contributed by atoms with Crippen LogP contribution in [0.3, 0.4) is 0 Å². The van der Waals surface area contributed by atoms with Crippen molar-refractivity contribution in [2.75, 3.05) is 13.1 Å². The van der Waals surface area contributed by atoms with Gasteiger partial charge >= 0.3 is 0 Å². The minimum atomic E-state index is -0.168. The minimum absolute atomic E-state index is 0.168. The second-order valence-electron chi connectivity index (χ2n) is 7.94. The second-order valence-corrected chi connectivity index (χ2v) is 7.94. The third-order valence-electron chi connectivity index (χ3n) is 5.74. The van der Waals surface area contributed by atoms with E-state index in [1.807, 2.05) is 36.4 Å². The van der Waals surface area contributed by atoms with E-state index in [9.17, 15) is 5.26 Å². The van der Waals surface area contributed by atoms with E-state index in [0.29, 0.717) is 11.6 Å². The van der Waals surface area contributed by atoms with Crippen molar-refractivity contribution < 1.29 is 9.64 Å². The highest BCUT2D eigenvalue weighted by Crippen LogP contribution is 2.41. The molecule has 2 aliphatic heterocycles. The summed E-state index contributed by atoms with van der Waals surface area (Å²) in [7, 11) is 0. The molecule has 0 fully saturated rings. The van der Waals surface area contributed by atoms with E-state index in [1.54, 1.807) is 0 Å². The van der Waals surface area contributed by atoms with Gasteiger partial charge in [0.1, 0.15) is 30.5 Å². The minimum Gasteiger partial charge on any atom is -0.440 e. The SMILES string of the molecule is CC(C)[NH+]1CC2=C(OC(N)=C(C#N)[C@H]2c2ccccc2)/C(=C/c2ccccc2)C1. The molecule has 29 heavy (non-hydrogen) atoms. The van der Waals surface area contributed by atoms with Gasteiger partial charge in [-0.15, -0.1) is 0 Å². The van der Waals surface area contributed by atoms with Crippen molar-refractivity contribution in [2.24, 2.45) is 5.73 Å². The average molecular weight is 385 g/mol. The Bertz CT molecular complexity index is 1030. The first-order valence-corrected chi connectivity index (χ1v) is 10.0. The van der Waals surface area contributed by atoms with E-state index in [2.05, 4.69) is 50.3 Å². The lowest BCUT2D eigenvalue weighted by Crippen LogP contribution is -3.16. The largest absolute Gasteiger partial charge is 0.440 e. The van der Waals surface area contributed by atoms with Gasteiger partial charge in [0.05, 0.1) is 12.0 Å². The molecule has 0 radical (unpaired) electrons. The Hall–Kier alpha value is -3.29. The molecule has 1 unspecified atom stereocenters. The highest BCUT2D eigenvalue weighted by Gasteiger charge is 2.40. The molecule has 0 spiro atoms. The first kappa shape index (κ1) is 19.0. The summed E-state index contributed by atoms with van der Waals surface area (Å²) in [5.74, 6) is 0.883. The van der Waals surface area contributed by atoms with Gasteiger partial charge in [-0.3, -0.25) is 0 Å². The Kier molecular flexibility index (Phi) is 5.24. The van der Waals surface area contributed by atoms with Crippen LogP contribution in [0.15, 0.2) is 89.0 Å². The zero-order chi connectivity index (χ0) is 20.4. The van der Waals surface area contributed by atoms with E-state index in [4.69, 9.17) is 10.5 Å². The quantitative estimate of drug-likeness (QED) is 0.855. The summed E-state index contributed by atoms with van der Waals surface area (Å²) < 4.78 is 6.09. The van der Waals surface area contributed by atoms with Crippen molar-refractivity contribution in [3.05, 3.63) is 100 Å². The molecule has 146 valence electrons. The molecule has 0 saturated heterocycles. The number of allylic oxidation sites excluding steroid dienone is 1. The monoisotopic (exact) mass is 384 g/mol. The molecule has 4 nitrogen and oxygen atoms in total. The van der Waals surface area contributed by atoms with Crippen LogP contribution in [0.25, 0.3) is 6.08 Å². The Labute approximate surface area is 172 Å². The summed E-state index contributed by atoms with van der Waals surface area (Å²) in [4.78, 5) is 1.45. The van der Waals surface area contributed by atoms with Crippen LogP contribution in [0, 0.1) is 11.3 Å². The topological polar surface area (TPSA) is 63.5 Å². The molecule has 0 amide bonds. The fourth-order valence-electron chi connectivity index (χ4n) is 4.17. The first-order valence-electron chi connectivity index (χ1n) is 10.0. The molecule has 0 bridgehead atoms. The maximum Gasteiger partial charge on any atom is 0.205 e. The number of hydrogen-bond donors (Lipinski definition) is 2. The van der Waals surface area contributed by atoms with Gasteiger partial charge in [-0.25, -0.2) is 0 Å². The molecule has 2 atom stereocenters. The predicted molar refractivity (Wildman–Crippen MR) is 114 cm³/mol. The molecule has 3 N–H and O–H groups in total. The van der Waals surface area contributed by atoms with Crippen molar-refractivity contribution in [3.63, 3.8) is 0 Å². The smallest absolute Gasteiger partial charge is 0.205 e. The van der Waals surface area contributed by atoms with Gasteiger partial charge in [0.2, 0.25) is 5.88 Å². The number of nitrogens with two attached hydrogens (primary N) is 1. The van der Waals surface area contributed by atoms with Gasteiger partial charge in [0, 0.05) is 11.1 Å². The van der Waals surface area contributed by atoms with Gasteiger partial charge in [-0.1, -0.05) is 60.7 Å². The summed E-state index contributed by atoms with van der Waals surface area (Å²) in [5.41, 5.74) is 11.2. The molecule has 0 aliphatic carbocycles. The highest BCUT2D eigenvalue weighted by atomic mass is 16.5. The van der Waals surface area contributed by atoms with Crippen LogP contribution in [0.4, 0.5) is 0 Å². The number of benzene rings is 2. The number of nitriles is 1. The Morgan fingerprint density at radius 2 is 1.72 bits per heavy atom. The summed E-state index contributed by atoms with van der Waals surface area (Å²) >= 11 is 0. The van der Waals surface area contributed by atoms with E-state index in [0.717, 1.165) is 41.1 Å². The Morgan fingerprint density at radius 3 is 2.34 bits per heavy atom. The maximum absolute atomic E-state index is 9.85. The summed E-state index contributed by atoms with van der Waals surface area (Å²) in [6.45, 7) is 6.16. The van der Waals surface area contributed by atoms with Crippen LogP contribution in [0.1, 0.15) is 30.9 Å². The average Bonchev–Trinajstić information content (AvgIpc) is 2.74. The molecular formula is C25H26N3O+. The molecule has 4 rings (SSSR count). The van der Waals surface area contributed by atoms with E-state index in [-0.39, 0.29) is 11.8 Å². The van der Waals surface area contributed by atoms with Gasteiger partial charge in [0.15, 0.2) is 0 Å².